The van der Waals surface area contributed by atoms with Gasteiger partial charge in [-0.3, -0.25) is 0 Å². The first kappa shape index (κ1) is 9.91. The van der Waals surface area contributed by atoms with Crippen molar-refractivity contribution in [3.8, 4) is 5.75 Å². The highest BCUT2D eigenvalue weighted by molar-refractivity contribution is 14.1. The molecule has 0 unspecified atom stereocenters. The quantitative estimate of drug-likeness (QED) is 0.639. The summed E-state index contributed by atoms with van der Waals surface area (Å²) in [4.78, 5) is 3.33. The molecule has 0 spiro atoms. The third kappa shape index (κ3) is 1.95. The van der Waals surface area contributed by atoms with Crippen LogP contribution in [0.25, 0.3) is 0 Å². The van der Waals surface area contributed by atoms with Gasteiger partial charge in [0.2, 0.25) is 0 Å². The van der Waals surface area contributed by atoms with Crippen LogP contribution in [0.5, 0.6) is 5.75 Å². The van der Waals surface area contributed by atoms with E-state index in [0.717, 1.165) is 6.07 Å². The smallest absolute Gasteiger partial charge is 0.284 e. The normalized spacial score (nSPS) is 10.8. The Hall–Kier alpha value is -0.170. The van der Waals surface area contributed by atoms with Gasteiger partial charge >= 0.3 is 0 Å². The van der Waals surface area contributed by atoms with Crippen LogP contribution in [0.3, 0.4) is 0 Å². The molecule has 0 aromatic carbocycles. The van der Waals surface area contributed by atoms with Gasteiger partial charge < -0.3 is 5.11 Å². The minimum Gasteiger partial charge on any atom is -0.506 e. The monoisotopic (exact) mass is 305 g/mol. The molecule has 0 aliphatic carbocycles. The van der Waals surface area contributed by atoms with Crippen molar-refractivity contribution in [2.45, 2.75) is 6.43 Å². The highest BCUT2D eigenvalue weighted by Gasteiger charge is 2.16. The summed E-state index contributed by atoms with van der Waals surface area (Å²) in [5, 5.41) is 8.96. The van der Waals surface area contributed by atoms with Gasteiger partial charge in [0.15, 0.2) is 0 Å². The lowest BCUT2D eigenvalue weighted by Crippen LogP contribution is -1.92. The van der Waals surface area contributed by atoms with Crippen LogP contribution in [-0.2, 0) is 0 Å². The summed E-state index contributed by atoms with van der Waals surface area (Å²) < 4.78 is 24.6. The Bertz CT molecular complexity index is 308. The Morgan fingerprint density at radius 3 is 2.67 bits per heavy atom. The minimum absolute atomic E-state index is 0.0244. The summed E-state index contributed by atoms with van der Waals surface area (Å²) in [6, 6.07) is 1.15. The molecule has 2 nitrogen and oxygen atoms in total. The van der Waals surface area contributed by atoms with E-state index in [1.54, 1.807) is 22.6 Å². The second kappa shape index (κ2) is 3.69. The Balaban J connectivity index is 3.23. The molecule has 0 saturated heterocycles. The molecular weight excluding hydrogens is 302 g/mol. The molecule has 0 bridgehead atoms. The number of hydrogen-bond acceptors (Lipinski definition) is 2. The van der Waals surface area contributed by atoms with Crippen molar-refractivity contribution in [3.63, 3.8) is 0 Å². The van der Waals surface area contributed by atoms with E-state index in [1.807, 2.05) is 0 Å². The molecule has 1 N–H and O–H groups in total. The van der Waals surface area contributed by atoms with Crippen LogP contribution in [0.2, 0.25) is 5.15 Å². The maximum atomic E-state index is 12.1. The molecule has 6 heteroatoms. The third-order valence-corrected chi connectivity index (χ3v) is 2.58. The molecule has 1 aromatic rings. The van der Waals surface area contributed by atoms with Crippen molar-refractivity contribution in [3.05, 3.63) is 20.5 Å². The fourth-order valence-electron chi connectivity index (χ4n) is 0.631. The number of halogens is 4. The first-order chi connectivity index (χ1) is 5.52. The number of alkyl halides is 2. The number of nitrogens with zero attached hydrogens (tertiary/aromatic N) is 1. The van der Waals surface area contributed by atoms with E-state index in [-0.39, 0.29) is 5.15 Å². The van der Waals surface area contributed by atoms with Crippen LogP contribution in [0, 0.1) is 3.57 Å². The molecule has 1 heterocycles. The molecule has 66 valence electrons. The summed E-state index contributed by atoms with van der Waals surface area (Å²) in [5.74, 6) is -0.529. The van der Waals surface area contributed by atoms with Crippen LogP contribution in [0.1, 0.15) is 12.1 Å². The number of aromatic nitrogens is 1. The Kier molecular flexibility index (Phi) is 3.05. The Labute approximate surface area is 85.7 Å². The molecule has 12 heavy (non-hydrogen) atoms. The molecular formula is C6H3ClF2INO. The zero-order valence-electron chi connectivity index (χ0n) is 5.56. The topological polar surface area (TPSA) is 33.1 Å². The second-order valence-electron chi connectivity index (χ2n) is 1.97. The van der Waals surface area contributed by atoms with Crippen LogP contribution >= 0.6 is 34.2 Å². The van der Waals surface area contributed by atoms with E-state index in [9.17, 15) is 8.78 Å². The summed E-state index contributed by atoms with van der Waals surface area (Å²) >= 11 is 7.26. The van der Waals surface area contributed by atoms with Crippen molar-refractivity contribution in [1.29, 1.82) is 0 Å². The van der Waals surface area contributed by atoms with Crippen molar-refractivity contribution >= 4 is 34.2 Å². The van der Waals surface area contributed by atoms with E-state index >= 15 is 0 Å². The van der Waals surface area contributed by atoms with E-state index in [1.165, 1.54) is 0 Å². The van der Waals surface area contributed by atoms with Crippen LogP contribution in [0.4, 0.5) is 8.78 Å². The largest absolute Gasteiger partial charge is 0.506 e. The van der Waals surface area contributed by atoms with Gasteiger partial charge in [0.05, 0.1) is 3.57 Å². The maximum Gasteiger partial charge on any atom is 0.284 e. The SMILES string of the molecule is Oc1cc(I)c(Cl)nc1C(F)F. The predicted molar refractivity (Wildman–Crippen MR) is 48.6 cm³/mol. The number of rotatable bonds is 1. The van der Waals surface area contributed by atoms with Gasteiger partial charge in [-0.1, -0.05) is 11.6 Å². The molecule has 0 aliphatic heterocycles. The third-order valence-electron chi connectivity index (χ3n) is 1.15. The standard InChI is InChI=1S/C6H3ClF2INO/c7-5-2(10)1-3(12)4(11-5)6(8)9/h1,6,12H. The first-order valence-electron chi connectivity index (χ1n) is 2.85. The van der Waals surface area contributed by atoms with Crippen molar-refractivity contribution in [1.82, 2.24) is 4.98 Å². The number of hydrogen-bond donors (Lipinski definition) is 1. The van der Waals surface area contributed by atoms with Crippen molar-refractivity contribution in [2.75, 3.05) is 0 Å². The molecule has 0 radical (unpaired) electrons. The second-order valence-corrected chi connectivity index (χ2v) is 3.49. The van der Waals surface area contributed by atoms with E-state index < -0.39 is 17.9 Å². The van der Waals surface area contributed by atoms with Crippen LogP contribution in [-0.4, -0.2) is 10.1 Å². The molecule has 1 rings (SSSR count). The van der Waals surface area contributed by atoms with Crippen molar-refractivity contribution < 1.29 is 13.9 Å². The average Bonchev–Trinajstić information content (AvgIpc) is 1.96. The fourth-order valence-corrected chi connectivity index (χ4v) is 1.19. The van der Waals surface area contributed by atoms with Gasteiger partial charge in [-0.05, 0) is 28.7 Å². The lowest BCUT2D eigenvalue weighted by atomic mass is 10.3. The van der Waals surface area contributed by atoms with Gasteiger partial charge in [-0.25, -0.2) is 13.8 Å². The van der Waals surface area contributed by atoms with Crippen LogP contribution < -0.4 is 0 Å². The molecule has 0 aliphatic rings. The summed E-state index contributed by atoms with van der Waals surface area (Å²) in [5.41, 5.74) is -0.680. The van der Waals surface area contributed by atoms with Gasteiger partial charge in [0, 0.05) is 0 Å². The van der Waals surface area contributed by atoms with Crippen LogP contribution in [0.15, 0.2) is 6.07 Å². The van der Waals surface area contributed by atoms with Gasteiger partial charge in [0.25, 0.3) is 6.43 Å². The molecule has 0 amide bonds. The van der Waals surface area contributed by atoms with Gasteiger partial charge in [-0.15, -0.1) is 0 Å². The summed E-state index contributed by atoms with van der Waals surface area (Å²) in [7, 11) is 0. The Morgan fingerprint density at radius 2 is 2.17 bits per heavy atom. The van der Waals surface area contributed by atoms with E-state index in [2.05, 4.69) is 4.98 Å². The highest BCUT2D eigenvalue weighted by Crippen LogP contribution is 2.30. The molecule has 0 saturated carbocycles. The summed E-state index contributed by atoms with van der Waals surface area (Å²) in [6.07, 6.45) is -2.81. The lowest BCUT2D eigenvalue weighted by molar-refractivity contribution is 0.142. The number of pyridine rings is 1. The zero-order valence-corrected chi connectivity index (χ0v) is 8.47. The van der Waals surface area contributed by atoms with E-state index in [4.69, 9.17) is 16.7 Å². The van der Waals surface area contributed by atoms with Crippen molar-refractivity contribution in [2.24, 2.45) is 0 Å². The minimum atomic E-state index is -2.81. The highest BCUT2D eigenvalue weighted by atomic mass is 127. The lowest BCUT2D eigenvalue weighted by Gasteiger charge is -2.03. The molecule has 0 atom stereocenters. The predicted octanol–water partition coefficient (Wildman–Crippen LogP) is 2.98. The fraction of sp³-hybridized carbons (Fsp3) is 0.167. The van der Waals surface area contributed by atoms with E-state index in [0.29, 0.717) is 3.57 Å². The Morgan fingerprint density at radius 1 is 1.58 bits per heavy atom. The number of aromatic hydroxyl groups is 1. The van der Waals surface area contributed by atoms with Gasteiger partial charge in [0.1, 0.15) is 16.6 Å². The first-order valence-corrected chi connectivity index (χ1v) is 4.31. The van der Waals surface area contributed by atoms with Gasteiger partial charge in [-0.2, -0.15) is 0 Å². The zero-order chi connectivity index (χ0) is 9.30. The summed E-state index contributed by atoms with van der Waals surface area (Å²) in [6.45, 7) is 0. The molecule has 0 fully saturated rings. The average molecular weight is 305 g/mol. The maximum absolute atomic E-state index is 12.1. The molecule has 1 aromatic heterocycles.